The van der Waals surface area contributed by atoms with Gasteiger partial charge in [-0.25, -0.2) is 4.68 Å². The van der Waals surface area contributed by atoms with Crippen molar-refractivity contribution in [3.05, 3.63) is 75.5 Å². The number of nitro groups is 1. The highest BCUT2D eigenvalue weighted by molar-refractivity contribution is 5.94. The Morgan fingerprint density at radius 3 is 2.47 bits per heavy atom. The van der Waals surface area contributed by atoms with Gasteiger partial charge in [0.25, 0.3) is 11.6 Å². The Kier molecular flexibility index (Phi) is 6.61. The second kappa shape index (κ2) is 9.35. The van der Waals surface area contributed by atoms with Crippen LogP contribution >= 0.6 is 0 Å². The number of carbonyl (C=O) groups is 1. The average Bonchev–Trinajstić information content (AvgIpc) is 3.16. The van der Waals surface area contributed by atoms with E-state index in [1.807, 2.05) is 32.0 Å². The molecular formula is C23H26N4O3. The Morgan fingerprint density at radius 2 is 1.83 bits per heavy atom. The molecule has 1 amide bonds. The van der Waals surface area contributed by atoms with Gasteiger partial charge < -0.3 is 5.32 Å². The maximum atomic E-state index is 12.9. The quantitative estimate of drug-likeness (QED) is 0.324. The molecule has 0 saturated carbocycles. The molecule has 0 fully saturated rings. The predicted octanol–water partition coefficient (Wildman–Crippen LogP) is 4.98. The lowest BCUT2D eigenvalue weighted by molar-refractivity contribution is -0.384. The lowest BCUT2D eigenvalue weighted by Crippen LogP contribution is -2.27. The van der Waals surface area contributed by atoms with Crippen molar-refractivity contribution in [3.8, 4) is 16.9 Å². The molecule has 0 atom stereocenters. The Balaban J connectivity index is 2.00. The van der Waals surface area contributed by atoms with Crippen molar-refractivity contribution in [2.24, 2.45) is 0 Å². The Hall–Kier alpha value is -3.48. The zero-order valence-electron chi connectivity index (χ0n) is 17.5. The smallest absolute Gasteiger partial charge is 0.270 e. The van der Waals surface area contributed by atoms with Crippen LogP contribution < -0.4 is 5.32 Å². The number of hydrogen-bond donors (Lipinski definition) is 1. The lowest BCUT2D eigenvalue weighted by atomic mass is 10.1. The zero-order chi connectivity index (χ0) is 21.7. The highest BCUT2D eigenvalue weighted by Crippen LogP contribution is 2.25. The highest BCUT2D eigenvalue weighted by atomic mass is 16.6. The molecular weight excluding hydrogens is 380 g/mol. The lowest BCUT2D eigenvalue weighted by Gasteiger charge is -2.11. The third kappa shape index (κ3) is 4.74. The molecule has 3 aromatic rings. The number of aryl methyl sites for hydroxylation is 2. The molecule has 0 bridgehead atoms. The summed E-state index contributed by atoms with van der Waals surface area (Å²) in [5, 5.41) is 18.6. The minimum atomic E-state index is -0.437. The van der Waals surface area contributed by atoms with Gasteiger partial charge in [-0.15, -0.1) is 0 Å². The number of rotatable bonds is 8. The van der Waals surface area contributed by atoms with Gasteiger partial charge in [-0.2, -0.15) is 5.10 Å². The minimum Gasteiger partial charge on any atom is -0.351 e. The average molecular weight is 406 g/mol. The number of non-ortho nitro benzene ring substituents is 1. The molecule has 156 valence electrons. The number of benzene rings is 2. The van der Waals surface area contributed by atoms with Crippen molar-refractivity contribution in [1.82, 2.24) is 15.1 Å². The second-order valence-corrected chi connectivity index (χ2v) is 7.38. The first-order valence-corrected chi connectivity index (χ1v) is 10.1. The van der Waals surface area contributed by atoms with Crippen molar-refractivity contribution < 1.29 is 9.72 Å². The van der Waals surface area contributed by atoms with Gasteiger partial charge in [0, 0.05) is 24.2 Å². The number of amides is 1. The molecule has 0 radical (unpaired) electrons. The van der Waals surface area contributed by atoms with E-state index in [-0.39, 0.29) is 11.6 Å². The monoisotopic (exact) mass is 406 g/mol. The highest BCUT2D eigenvalue weighted by Gasteiger charge is 2.19. The van der Waals surface area contributed by atoms with Crippen LogP contribution in [0.3, 0.4) is 0 Å². The van der Waals surface area contributed by atoms with E-state index >= 15 is 0 Å². The summed E-state index contributed by atoms with van der Waals surface area (Å²) < 4.78 is 1.65. The number of nitro benzene ring substituents is 1. The Bertz CT molecular complexity index is 1050. The molecule has 0 unspecified atom stereocenters. The first kappa shape index (κ1) is 21.2. The predicted molar refractivity (Wildman–Crippen MR) is 117 cm³/mol. The summed E-state index contributed by atoms with van der Waals surface area (Å²) in [6.45, 7) is 6.73. The minimum absolute atomic E-state index is 0.0152. The van der Waals surface area contributed by atoms with Crippen LogP contribution in [0.25, 0.3) is 16.9 Å². The number of aromatic nitrogens is 2. The van der Waals surface area contributed by atoms with Crippen LogP contribution in [0.2, 0.25) is 0 Å². The van der Waals surface area contributed by atoms with Crippen molar-refractivity contribution in [2.75, 3.05) is 6.54 Å². The van der Waals surface area contributed by atoms with Crippen LogP contribution in [-0.2, 0) is 0 Å². The summed E-state index contributed by atoms with van der Waals surface area (Å²) in [6, 6.07) is 13.9. The molecule has 1 aromatic heterocycles. The molecule has 30 heavy (non-hydrogen) atoms. The summed E-state index contributed by atoms with van der Waals surface area (Å²) in [5.41, 5.74) is 4.71. The van der Waals surface area contributed by atoms with Gasteiger partial charge >= 0.3 is 0 Å². The van der Waals surface area contributed by atoms with Gasteiger partial charge in [-0.05, 0) is 50.1 Å². The zero-order valence-corrected chi connectivity index (χ0v) is 17.5. The van der Waals surface area contributed by atoms with Crippen LogP contribution in [0.4, 0.5) is 5.69 Å². The van der Waals surface area contributed by atoms with E-state index in [2.05, 4.69) is 17.3 Å². The molecule has 7 nitrogen and oxygen atoms in total. The Morgan fingerprint density at radius 1 is 1.10 bits per heavy atom. The number of carbonyl (C=O) groups excluding carboxylic acids is 1. The molecule has 2 aromatic carbocycles. The van der Waals surface area contributed by atoms with E-state index in [9.17, 15) is 14.9 Å². The van der Waals surface area contributed by atoms with Gasteiger partial charge in [0.2, 0.25) is 0 Å². The fourth-order valence-corrected chi connectivity index (χ4v) is 3.33. The van der Waals surface area contributed by atoms with E-state index in [1.165, 1.54) is 12.1 Å². The fraction of sp³-hybridized carbons (Fsp3) is 0.304. The number of nitrogens with one attached hydrogen (secondary N) is 1. The molecule has 0 spiro atoms. The fourth-order valence-electron chi connectivity index (χ4n) is 3.33. The van der Waals surface area contributed by atoms with E-state index in [4.69, 9.17) is 0 Å². The summed E-state index contributed by atoms with van der Waals surface area (Å²) in [7, 11) is 0. The molecule has 1 heterocycles. The van der Waals surface area contributed by atoms with Crippen LogP contribution in [0.1, 0.15) is 47.8 Å². The Labute approximate surface area is 175 Å². The summed E-state index contributed by atoms with van der Waals surface area (Å²) in [4.78, 5) is 23.4. The van der Waals surface area contributed by atoms with Crippen LogP contribution in [-0.4, -0.2) is 27.2 Å². The topological polar surface area (TPSA) is 90.1 Å². The van der Waals surface area contributed by atoms with Crippen LogP contribution in [0.15, 0.2) is 48.5 Å². The summed E-state index contributed by atoms with van der Waals surface area (Å²) in [5.74, 6) is -0.188. The van der Waals surface area contributed by atoms with Gasteiger partial charge in [-0.3, -0.25) is 14.9 Å². The first-order valence-electron chi connectivity index (χ1n) is 10.1. The van der Waals surface area contributed by atoms with E-state index in [0.29, 0.717) is 23.5 Å². The molecule has 0 aliphatic heterocycles. The standard InChI is InChI=1S/C23H26N4O3/c1-4-5-6-13-24-23(28)22-15-20(18-8-10-19(11-9-18)27(29)30)25-26(22)21-12-7-16(2)14-17(21)3/h7-12,14-15H,4-6,13H2,1-3H3,(H,24,28). The summed E-state index contributed by atoms with van der Waals surface area (Å²) in [6.07, 6.45) is 3.07. The molecule has 3 rings (SSSR count). The second-order valence-electron chi connectivity index (χ2n) is 7.38. The largest absolute Gasteiger partial charge is 0.351 e. The third-order valence-electron chi connectivity index (χ3n) is 4.96. The molecule has 0 aliphatic rings. The molecule has 1 N–H and O–H groups in total. The van der Waals surface area contributed by atoms with Crippen molar-refractivity contribution in [3.63, 3.8) is 0 Å². The molecule has 7 heteroatoms. The van der Waals surface area contributed by atoms with E-state index in [0.717, 1.165) is 36.1 Å². The number of hydrogen-bond acceptors (Lipinski definition) is 4. The van der Waals surface area contributed by atoms with Gasteiger partial charge in [-0.1, -0.05) is 37.5 Å². The maximum absolute atomic E-state index is 12.9. The van der Waals surface area contributed by atoms with Crippen molar-refractivity contribution >= 4 is 11.6 Å². The van der Waals surface area contributed by atoms with Crippen molar-refractivity contribution in [2.45, 2.75) is 40.0 Å². The summed E-state index contributed by atoms with van der Waals surface area (Å²) >= 11 is 0. The van der Waals surface area contributed by atoms with E-state index in [1.54, 1.807) is 22.9 Å². The maximum Gasteiger partial charge on any atom is 0.270 e. The van der Waals surface area contributed by atoms with Crippen LogP contribution in [0.5, 0.6) is 0 Å². The van der Waals surface area contributed by atoms with Crippen molar-refractivity contribution in [1.29, 1.82) is 0 Å². The number of unbranched alkanes of at least 4 members (excludes halogenated alkanes) is 2. The first-order chi connectivity index (χ1) is 14.4. The van der Waals surface area contributed by atoms with Gasteiger partial charge in [0.15, 0.2) is 0 Å². The van der Waals surface area contributed by atoms with Crippen LogP contribution in [0, 0.1) is 24.0 Å². The van der Waals surface area contributed by atoms with E-state index < -0.39 is 4.92 Å². The van der Waals surface area contributed by atoms with Gasteiger partial charge in [0.1, 0.15) is 5.69 Å². The molecule has 0 aliphatic carbocycles. The SMILES string of the molecule is CCCCCNC(=O)c1cc(-c2ccc([N+](=O)[O-])cc2)nn1-c1ccc(C)cc1C. The molecule has 0 saturated heterocycles. The third-order valence-corrected chi connectivity index (χ3v) is 4.96. The normalized spacial score (nSPS) is 10.8. The van der Waals surface area contributed by atoms with Gasteiger partial charge in [0.05, 0.1) is 16.3 Å². The number of nitrogens with zero attached hydrogens (tertiary/aromatic N) is 3.